The number of nitrogens with one attached hydrogen (secondary N) is 3. The van der Waals surface area contributed by atoms with Crippen LogP contribution < -0.4 is 23.5 Å². The Morgan fingerprint density at radius 1 is 0.661 bits per heavy atom. The van der Waals surface area contributed by atoms with Crippen molar-refractivity contribution in [3.05, 3.63) is 160 Å². The number of hydrogen-bond donors (Lipinski definition) is 3. The van der Waals surface area contributed by atoms with E-state index >= 15 is 0 Å². The molecule has 4 aromatic carbocycles. The van der Waals surface area contributed by atoms with Gasteiger partial charge in [-0.15, -0.1) is 0 Å². The molecule has 5 heterocycles. The van der Waals surface area contributed by atoms with Crippen molar-refractivity contribution in [2.45, 2.75) is 66.5 Å². The van der Waals surface area contributed by atoms with Crippen LogP contribution in [0, 0.1) is 13.8 Å². The standard InChI is InChI=1S/C22H20N4.C18H18N2.2C2H6.I3.2HI.V/c1-15-8-9-19-18(14-15)17-10-13-26(22-23-11-5-12-24-22)21(20(17)25-19)16-6-3-2-4-7-16;1-12-7-8-16-15(11-12)14-9-10-19-17(18(14)20-16)13-5-3-2-4-6-13;2*1-2;1-3-2;;;/h2-9,11-12,14,21,25H,10,13H2,1H3;2-8,11,17,19-20H,9-10H2,1H3;2*1-2H3;;2*1H;/q;;;;-1;;;+2/p-2. The molecule has 2 atom stereocenters. The Morgan fingerprint density at radius 2 is 1.14 bits per heavy atom. The van der Waals surface area contributed by atoms with Gasteiger partial charge in [-0.05, 0) is 79.3 Å². The molecule has 12 heteroatoms. The fraction of sp³-hybridized carbons (Fsp3) is 0.273. The van der Waals surface area contributed by atoms with Gasteiger partial charge in [-0.2, -0.15) is 0 Å². The molecular formula is C44H50I5N6V-. The summed E-state index contributed by atoms with van der Waals surface area (Å²) >= 11 is 10.0. The third-order valence-electron chi connectivity index (χ3n) is 9.45. The summed E-state index contributed by atoms with van der Waals surface area (Å²) in [6, 6.07) is 36.9. The molecule has 0 bridgehead atoms. The van der Waals surface area contributed by atoms with Gasteiger partial charge < -0.3 is 20.2 Å². The van der Waals surface area contributed by atoms with E-state index in [0.717, 1.165) is 31.9 Å². The van der Waals surface area contributed by atoms with Crippen molar-refractivity contribution in [2.24, 2.45) is 0 Å². The molecule has 0 aliphatic carbocycles. The van der Waals surface area contributed by atoms with Crippen molar-refractivity contribution in [3.8, 4) is 0 Å². The normalized spacial score (nSPS) is 15.1. The molecule has 6 nitrogen and oxygen atoms in total. The van der Waals surface area contributed by atoms with Crippen LogP contribution in [0.15, 0.2) is 116 Å². The maximum absolute atomic E-state index is 4.52. The van der Waals surface area contributed by atoms with E-state index in [9.17, 15) is 0 Å². The summed E-state index contributed by atoms with van der Waals surface area (Å²) in [5.41, 5.74) is 13.2. The molecule has 0 fully saturated rings. The van der Waals surface area contributed by atoms with Gasteiger partial charge in [-0.25, -0.2) is 9.97 Å². The Balaban J connectivity index is 0.000000207. The van der Waals surface area contributed by atoms with E-state index in [2.05, 4.69) is 218 Å². The summed E-state index contributed by atoms with van der Waals surface area (Å²) in [4.78, 5) is 18.7. The van der Waals surface area contributed by atoms with Gasteiger partial charge in [0, 0.05) is 58.7 Å². The molecule has 0 amide bonds. The number of nitrogens with zero attached hydrogens (tertiary/aromatic N) is 3. The average molecular weight is 1350 g/mol. The monoisotopic (exact) mass is 1350 g/mol. The second-order valence-corrected chi connectivity index (χ2v) is 40.6. The summed E-state index contributed by atoms with van der Waals surface area (Å²) in [6.07, 6.45) is 5.71. The Morgan fingerprint density at radius 3 is 1.68 bits per heavy atom. The fourth-order valence-electron chi connectivity index (χ4n) is 7.31. The van der Waals surface area contributed by atoms with Crippen LogP contribution in [0.1, 0.15) is 84.5 Å². The molecular weight excluding hydrogens is 1300 g/mol. The number of aromatic nitrogens is 4. The van der Waals surface area contributed by atoms with E-state index in [0.29, 0.717) is 22.7 Å². The van der Waals surface area contributed by atoms with Crippen molar-refractivity contribution in [1.29, 1.82) is 0 Å². The van der Waals surface area contributed by atoms with Crippen LogP contribution in [-0.2, 0) is 22.3 Å². The van der Waals surface area contributed by atoms with E-state index in [1.54, 1.807) is 0 Å². The Hall–Kier alpha value is -0.966. The maximum atomic E-state index is 4.52. The number of rotatable bonds is 3. The number of hydrogen-bond acceptors (Lipinski definition) is 4. The fourth-order valence-corrected chi connectivity index (χ4v) is 7.31. The third kappa shape index (κ3) is 12.3. The zero-order valence-corrected chi connectivity index (χ0v) is 44.8. The minimum atomic E-state index is 0.0926. The first-order valence-corrected chi connectivity index (χ1v) is 40.4. The average Bonchev–Trinajstić information content (AvgIpc) is 3.81. The zero-order valence-electron chi connectivity index (χ0n) is 32.6. The predicted molar refractivity (Wildman–Crippen MR) is 266 cm³/mol. The van der Waals surface area contributed by atoms with Crippen LogP contribution in [0.5, 0.6) is 0 Å². The van der Waals surface area contributed by atoms with E-state index in [1.165, 1.54) is 66.6 Å². The van der Waals surface area contributed by atoms with Gasteiger partial charge in [0.1, 0.15) is 0 Å². The van der Waals surface area contributed by atoms with Gasteiger partial charge in [0.15, 0.2) is 0 Å². The molecule has 0 saturated carbocycles. The summed E-state index contributed by atoms with van der Waals surface area (Å²) in [6.45, 7) is 14.2. The summed E-state index contributed by atoms with van der Waals surface area (Å²) < 4.78 is 0. The number of H-pyrrole nitrogens is 2. The van der Waals surface area contributed by atoms with Crippen LogP contribution >= 0.6 is 77.2 Å². The van der Waals surface area contributed by atoms with Crippen LogP contribution in [0.4, 0.5) is 5.95 Å². The van der Waals surface area contributed by atoms with Crippen molar-refractivity contribution in [3.63, 3.8) is 0 Å². The minimum absolute atomic E-state index is 0.0926. The predicted octanol–water partition coefficient (Wildman–Crippen LogP) is 10.7. The first-order chi connectivity index (χ1) is 27.5. The molecule has 2 unspecified atom stereocenters. The van der Waals surface area contributed by atoms with Crippen molar-refractivity contribution < 1.29 is 22.7 Å². The summed E-state index contributed by atoms with van der Waals surface area (Å²) in [7, 11) is 0.628. The molecule has 3 N–H and O–H groups in total. The molecule has 3 aromatic heterocycles. The second kappa shape index (κ2) is 25.6. The molecule has 9 rings (SSSR count). The summed E-state index contributed by atoms with van der Waals surface area (Å²) in [5, 5.41) is 6.37. The van der Waals surface area contributed by atoms with Gasteiger partial charge in [-0.1, -0.05) is 112 Å². The van der Waals surface area contributed by atoms with Crippen LogP contribution in [0.2, 0.25) is 0 Å². The number of aromatic amines is 2. The Labute approximate surface area is 392 Å². The number of benzene rings is 4. The van der Waals surface area contributed by atoms with Gasteiger partial charge in [0.2, 0.25) is 5.95 Å². The van der Waals surface area contributed by atoms with Gasteiger partial charge in [0.05, 0.1) is 12.1 Å². The molecule has 0 radical (unpaired) electrons. The molecule has 2 aliphatic heterocycles. The van der Waals surface area contributed by atoms with Gasteiger partial charge in [-0.3, -0.25) is 0 Å². The second-order valence-electron chi connectivity index (χ2n) is 12.6. The molecule has 0 spiro atoms. The van der Waals surface area contributed by atoms with Crippen molar-refractivity contribution in [2.75, 3.05) is 18.0 Å². The van der Waals surface area contributed by atoms with Crippen molar-refractivity contribution in [1.82, 2.24) is 25.3 Å². The first-order valence-electron chi connectivity index (χ1n) is 18.9. The van der Waals surface area contributed by atoms with E-state index in [1.807, 2.05) is 46.2 Å². The molecule has 7 aromatic rings. The van der Waals surface area contributed by atoms with E-state index in [-0.39, 0.29) is 12.1 Å². The van der Waals surface area contributed by atoms with Gasteiger partial charge >= 0.3 is 99.9 Å². The molecule has 297 valence electrons. The number of anilines is 1. The first kappa shape index (κ1) is 47.7. The molecule has 0 saturated heterocycles. The molecule has 2 aliphatic rings. The van der Waals surface area contributed by atoms with Crippen molar-refractivity contribution >= 4 is 105 Å². The zero-order chi connectivity index (χ0) is 40.5. The topological polar surface area (TPSA) is 72.6 Å². The quantitative estimate of drug-likeness (QED) is 0.154. The summed E-state index contributed by atoms with van der Waals surface area (Å²) in [5.74, 6) is 0.779. The van der Waals surface area contributed by atoms with Gasteiger partial charge in [0.25, 0.3) is 0 Å². The SMILES string of the molecule is CC.CC.Cc1ccc2[nH]c3c(c2c1)CCN(c1ncccn1)C3c1ccccc1.Cc1ccc2[nH]c3c(c2c1)CCNC3c1ccccc1.I[I-]I.[I][V][I]. The van der Waals surface area contributed by atoms with E-state index in [4.69, 9.17) is 0 Å². The Bertz CT molecular complexity index is 2180. The van der Waals surface area contributed by atoms with E-state index < -0.39 is 0 Å². The third-order valence-corrected chi connectivity index (χ3v) is 9.45. The van der Waals surface area contributed by atoms with Crippen LogP contribution in [0.25, 0.3) is 21.8 Å². The van der Waals surface area contributed by atoms with Crippen LogP contribution in [0.3, 0.4) is 0 Å². The number of aryl methyl sites for hydroxylation is 2. The number of halogens is 5. The van der Waals surface area contributed by atoms with Crippen LogP contribution in [-0.4, -0.2) is 33.0 Å². The Kier molecular flexibility index (Phi) is 21.8. The number of fused-ring (bicyclic) bond motifs is 6. The molecule has 56 heavy (non-hydrogen) atoms.